The van der Waals surface area contributed by atoms with Crippen LogP contribution in [0.3, 0.4) is 0 Å². The number of carbonyl (C=O) groups is 1. The van der Waals surface area contributed by atoms with Gasteiger partial charge in [0.25, 0.3) is 0 Å². The smallest absolute Gasteiger partial charge is 0.341 e. The molecule has 18 heavy (non-hydrogen) atoms. The van der Waals surface area contributed by atoms with Crippen LogP contribution >= 0.6 is 0 Å². The molecule has 0 aliphatic heterocycles. The maximum Gasteiger partial charge on any atom is 0.341 e. The second-order valence-corrected chi connectivity index (χ2v) is 3.49. The first kappa shape index (κ1) is 11.8. The summed E-state index contributed by atoms with van der Waals surface area (Å²) in [6.07, 6.45) is 1.35. The number of aromatic nitrogens is 2. The first-order chi connectivity index (χ1) is 8.63. The third kappa shape index (κ3) is 2.08. The molecule has 0 aliphatic rings. The van der Waals surface area contributed by atoms with Crippen LogP contribution in [-0.2, 0) is 0 Å². The molecule has 0 aliphatic carbocycles. The van der Waals surface area contributed by atoms with Gasteiger partial charge in [-0.05, 0) is 17.7 Å². The van der Waals surface area contributed by atoms with E-state index in [1.54, 1.807) is 12.1 Å². The summed E-state index contributed by atoms with van der Waals surface area (Å²) in [5, 5.41) is 25.7. The van der Waals surface area contributed by atoms with Gasteiger partial charge < -0.3 is 14.9 Å². The Bertz CT molecular complexity index is 581. The lowest BCUT2D eigenvalue weighted by molar-refractivity contribution is 0.0693. The molecule has 6 heteroatoms. The molecule has 0 radical (unpaired) electrons. The van der Waals surface area contributed by atoms with E-state index in [-0.39, 0.29) is 17.2 Å². The maximum absolute atomic E-state index is 11.2. The van der Waals surface area contributed by atoms with Gasteiger partial charge in [0.15, 0.2) is 0 Å². The molecule has 2 rings (SSSR count). The van der Waals surface area contributed by atoms with Gasteiger partial charge in [-0.25, -0.2) is 4.79 Å². The molecule has 0 amide bonds. The Morgan fingerprint density at radius 1 is 1.28 bits per heavy atom. The van der Waals surface area contributed by atoms with Crippen molar-refractivity contribution < 1.29 is 19.7 Å². The van der Waals surface area contributed by atoms with E-state index in [0.717, 1.165) is 0 Å². The number of phenols is 1. The number of methoxy groups -OCH3 is 1. The second-order valence-electron chi connectivity index (χ2n) is 3.49. The molecule has 1 aromatic heterocycles. The zero-order valence-corrected chi connectivity index (χ0v) is 9.49. The number of rotatable bonds is 3. The van der Waals surface area contributed by atoms with E-state index in [1.807, 2.05) is 0 Å². The molecule has 6 nitrogen and oxygen atoms in total. The van der Waals surface area contributed by atoms with Gasteiger partial charge >= 0.3 is 5.97 Å². The fourth-order valence-corrected chi connectivity index (χ4v) is 1.58. The Morgan fingerprint density at radius 3 is 2.50 bits per heavy atom. The molecule has 0 bridgehead atoms. The van der Waals surface area contributed by atoms with Crippen molar-refractivity contribution in [2.24, 2.45) is 0 Å². The second kappa shape index (κ2) is 4.70. The van der Waals surface area contributed by atoms with Gasteiger partial charge in [0.1, 0.15) is 11.3 Å². The summed E-state index contributed by atoms with van der Waals surface area (Å²) >= 11 is 0. The molecular weight excluding hydrogens is 236 g/mol. The molecule has 0 saturated heterocycles. The highest BCUT2D eigenvalue weighted by atomic mass is 16.5. The molecule has 1 heterocycles. The average molecular weight is 246 g/mol. The van der Waals surface area contributed by atoms with Crippen LogP contribution in [0, 0.1) is 0 Å². The van der Waals surface area contributed by atoms with E-state index >= 15 is 0 Å². The van der Waals surface area contributed by atoms with Crippen LogP contribution in [0.2, 0.25) is 0 Å². The molecule has 2 N–H and O–H groups in total. The number of aromatic carboxylic acids is 1. The first-order valence-electron chi connectivity index (χ1n) is 5.06. The van der Waals surface area contributed by atoms with Gasteiger partial charge in [0, 0.05) is 5.56 Å². The van der Waals surface area contributed by atoms with E-state index in [4.69, 9.17) is 4.74 Å². The summed E-state index contributed by atoms with van der Waals surface area (Å²) in [5.74, 6) is -1.09. The molecule has 1 aromatic carbocycles. The number of benzene rings is 1. The summed E-state index contributed by atoms with van der Waals surface area (Å²) in [4.78, 5) is 11.2. The van der Waals surface area contributed by atoms with Gasteiger partial charge in [0.2, 0.25) is 5.88 Å². The minimum absolute atomic E-state index is 0.0481. The van der Waals surface area contributed by atoms with Gasteiger partial charge in [-0.1, -0.05) is 12.1 Å². The molecule has 0 atom stereocenters. The minimum Gasteiger partial charge on any atom is -0.508 e. The van der Waals surface area contributed by atoms with Crippen molar-refractivity contribution in [2.75, 3.05) is 7.11 Å². The quantitative estimate of drug-likeness (QED) is 0.853. The van der Waals surface area contributed by atoms with E-state index in [0.29, 0.717) is 11.1 Å². The van der Waals surface area contributed by atoms with Crippen molar-refractivity contribution in [1.29, 1.82) is 0 Å². The number of nitrogens with zero attached hydrogens (tertiary/aromatic N) is 2. The van der Waals surface area contributed by atoms with Crippen LogP contribution in [-0.4, -0.2) is 33.5 Å². The molecule has 0 unspecified atom stereocenters. The summed E-state index contributed by atoms with van der Waals surface area (Å²) in [6.45, 7) is 0. The standard InChI is InChI=1S/C12H10N2O4/c1-18-11-10(12(16)17)9(6-13-14-11)7-2-4-8(15)5-3-7/h2-6,15H,1H3,(H,16,17). The van der Waals surface area contributed by atoms with E-state index in [1.165, 1.54) is 25.4 Å². The highest BCUT2D eigenvalue weighted by Gasteiger charge is 2.19. The van der Waals surface area contributed by atoms with Gasteiger partial charge in [-0.3, -0.25) is 0 Å². The molecular formula is C12H10N2O4. The number of carboxylic acid groups (broad SMARTS) is 1. The molecule has 2 aromatic rings. The Labute approximate surface area is 102 Å². The number of hydrogen-bond donors (Lipinski definition) is 2. The van der Waals surface area contributed by atoms with Crippen molar-refractivity contribution in [2.45, 2.75) is 0 Å². The number of ether oxygens (including phenoxy) is 1. The van der Waals surface area contributed by atoms with Crippen molar-refractivity contribution in [1.82, 2.24) is 10.2 Å². The predicted molar refractivity (Wildman–Crippen MR) is 62.6 cm³/mol. The Hall–Kier alpha value is -2.63. The fourth-order valence-electron chi connectivity index (χ4n) is 1.58. The van der Waals surface area contributed by atoms with Crippen molar-refractivity contribution in [3.63, 3.8) is 0 Å². The molecule has 0 fully saturated rings. The fraction of sp³-hybridized carbons (Fsp3) is 0.0833. The Morgan fingerprint density at radius 2 is 1.94 bits per heavy atom. The van der Waals surface area contributed by atoms with Crippen LogP contribution in [0.5, 0.6) is 11.6 Å². The van der Waals surface area contributed by atoms with E-state index in [2.05, 4.69) is 10.2 Å². The first-order valence-corrected chi connectivity index (χ1v) is 5.06. The number of phenolic OH excluding ortho intramolecular Hbond substituents is 1. The predicted octanol–water partition coefficient (Wildman–Crippen LogP) is 1.56. The van der Waals surface area contributed by atoms with E-state index in [9.17, 15) is 15.0 Å². The van der Waals surface area contributed by atoms with Crippen molar-refractivity contribution >= 4 is 5.97 Å². The number of carboxylic acids is 1. The summed E-state index contributed by atoms with van der Waals surface area (Å²) < 4.78 is 4.89. The minimum atomic E-state index is -1.15. The van der Waals surface area contributed by atoms with Crippen molar-refractivity contribution in [3.8, 4) is 22.8 Å². The zero-order valence-electron chi connectivity index (χ0n) is 9.49. The molecule has 0 spiro atoms. The lowest BCUT2D eigenvalue weighted by atomic mass is 10.0. The maximum atomic E-state index is 11.2. The number of aromatic hydroxyl groups is 1. The van der Waals surface area contributed by atoms with Crippen LogP contribution in [0.1, 0.15) is 10.4 Å². The number of hydrogen-bond acceptors (Lipinski definition) is 5. The highest BCUT2D eigenvalue weighted by molar-refractivity contribution is 5.98. The molecule has 92 valence electrons. The summed E-state index contributed by atoms with van der Waals surface area (Å²) in [5.41, 5.74) is 0.936. The van der Waals surface area contributed by atoms with Crippen LogP contribution in [0.15, 0.2) is 30.5 Å². The van der Waals surface area contributed by atoms with Gasteiger partial charge in [-0.15, -0.1) is 5.10 Å². The Kier molecular flexibility index (Phi) is 3.09. The third-order valence-corrected chi connectivity index (χ3v) is 2.40. The normalized spacial score (nSPS) is 10.1. The summed E-state index contributed by atoms with van der Waals surface area (Å²) in [7, 11) is 1.33. The monoisotopic (exact) mass is 246 g/mol. The highest BCUT2D eigenvalue weighted by Crippen LogP contribution is 2.29. The lowest BCUT2D eigenvalue weighted by Gasteiger charge is -2.08. The molecule has 0 saturated carbocycles. The van der Waals surface area contributed by atoms with Crippen LogP contribution in [0.25, 0.3) is 11.1 Å². The van der Waals surface area contributed by atoms with Crippen molar-refractivity contribution in [3.05, 3.63) is 36.0 Å². The topological polar surface area (TPSA) is 92.5 Å². The van der Waals surface area contributed by atoms with Gasteiger partial charge in [0.05, 0.1) is 13.3 Å². The largest absolute Gasteiger partial charge is 0.508 e. The van der Waals surface area contributed by atoms with E-state index < -0.39 is 5.97 Å². The lowest BCUT2D eigenvalue weighted by Crippen LogP contribution is -2.06. The average Bonchev–Trinajstić information content (AvgIpc) is 2.38. The third-order valence-electron chi connectivity index (χ3n) is 2.40. The van der Waals surface area contributed by atoms with Crippen LogP contribution < -0.4 is 4.74 Å². The van der Waals surface area contributed by atoms with Crippen LogP contribution in [0.4, 0.5) is 0 Å². The van der Waals surface area contributed by atoms with Gasteiger partial charge in [-0.2, -0.15) is 5.10 Å². The summed E-state index contributed by atoms with van der Waals surface area (Å²) in [6, 6.07) is 6.12. The SMILES string of the molecule is COc1nncc(-c2ccc(O)cc2)c1C(=O)O. The Balaban J connectivity index is 2.63. The zero-order chi connectivity index (χ0) is 13.1.